The Hall–Kier alpha value is -2.47. The highest BCUT2D eigenvalue weighted by Gasteiger charge is 2.23. The average molecular weight is 401 g/mol. The summed E-state index contributed by atoms with van der Waals surface area (Å²) in [6, 6.07) is 11.9. The number of nitrogens with one attached hydrogen (secondary N) is 2. The molecule has 0 aliphatic rings. The van der Waals surface area contributed by atoms with Gasteiger partial charge in [0.1, 0.15) is 6.04 Å². The zero-order valence-electron chi connectivity index (χ0n) is 14.4. The fourth-order valence-corrected chi connectivity index (χ4v) is 3.00. The zero-order valence-corrected chi connectivity index (χ0v) is 15.9. The summed E-state index contributed by atoms with van der Waals surface area (Å²) in [5, 5.41) is 7.16. The Morgan fingerprint density at radius 1 is 0.963 bits per heavy atom. The molecule has 2 N–H and O–H groups in total. The van der Waals surface area contributed by atoms with E-state index in [1.165, 1.54) is 0 Å². The van der Waals surface area contributed by atoms with Gasteiger partial charge >= 0.3 is 0 Å². The lowest BCUT2D eigenvalue weighted by Gasteiger charge is -2.20. The van der Waals surface area contributed by atoms with Crippen molar-refractivity contribution in [3.63, 3.8) is 0 Å². The lowest BCUT2D eigenvalue weighted by Crippen LogP contribution is -2.37. The lowest BCUT2D eigenvalue weighted by molar-refractivity contribution is -0.123. The molecule has 138 valence electrons. The minimum atomic E-state index is -0.659. The van der Waals surface area contributed by atoms with Crippen molar-refractivity contribution in [1.29, 1.82) is 0 Å². The van der Waals surface area contributed by atoms with Crippen LogP contribution in [0.2, 0.25) is 10.0 Å². The number of halogens is 2. The summed E-state index contributed by atoms with van der Waals surface area (Å²) >= 11 is 12.5. The maximum atomic E-state index is 12.9. The maximum absolute atomic E-state index is 12.9. The Morgan fingerprint density at radius 2 is 1.63 bits per heavy atom. The molecule has 1 unspecified atom stereocenters. The van der Waals surface area contributed by atoms with Crippen molar-refractivity contribution in [2.75, 3.05) is 0 Å². The number of benzene rings is 1. The Bertz CT molecular complexity index is 891. The van der Waals surface area contributed by atoms with Crippen LogP contribution >= 0.6 is 23.2 Å². The molecule has 0 aliphatic carbocycles. The van der Waals surface area contributed by atoms with Crippen LogP contribution in [0.3, 0.4) is 0 Å². The van der Waals surface area contributed by atoms with Crippen molar-refractivity contribution in [1.82, 2.24) is 20.6 Å². The van der Waals surface area contributed by atoms with Crippen molar-refractivity contribution >= 4 is 29.1 Å². The van der Waals surface area contributed by atoms with Gasteiger partial charge in [0.15, 0.2) is 0 Å². The van der Waals surface area contributed by atoms with Gasteiger partial charge < -0.3 is 5.32 Å². The Balaban J connectivity index is 1.77. The predicted octanol–water partition coefficient (Wildman–Crippen LogP) is 3.93. The van der Waals surface area contributed by atoms with E-state index in [1.807, 2.05) is 24.3 Å². The van der Waals surface area contributed by atoms with Crippen LogP contribution in [0.4, 0.5) is 0 Å². The second-order valence-electron chi connectivity index (χ2n) is 5.92. The summed E-state index contributed by atoms with van der Waals surface area (Å²) in [6.07, 6.45) is 6.85. The molecule has 3 rings (SSSR count). The zero-order chi connectivity index (χ0) is 19.1. The average Bonchev–Trinajstić information content (AvgIpc) is 2.70. The summed E-state index contributed by atoms with van der Waals surface area (Å²) in [4.78, 5) is 21.0. The molecule has 0 saturated carbocycles. The van der Waals surface area contributed by atoms with Gasteiger partial charge in [-0.05, 0) is 47.0 Å². The SMILES string of the molecule is O=C(NCc1cccnc1)C(NCc1cccnc1)c1cc(Cl)ccc1Cl. The molecule has 0 spiro atoms. The van der Waals surface area contributed by atoms with Crippen LogP contribution in [0.1, 0.15) is 22.7 Å². The van der Waals surface area contributed by atoms with E-state index in [4.69, 9.17) is 23.2 Å². The summed E-state index contributed by atoms with van der Waals surface area (Å²) in [5.74, 6) is -0.202. The second kappa shape index (κ2) is 9.46. The molecule has 27 heavy (non-hydrogen) atoms. The van der Waals surface area contributed by atoms with Crippen LogP contribution in [0.15, 0.2) is 67.3 Å². The largest absolute Gasteiger partial charge is 0.350 e. The Morgan fingerprint density at radius 3 is 2.26 bits per heavy atom. The van der Waals surface area contributed by atoms with E-state index in [0.29, 0.717) is 28.7 Å². The fourth-order valence-electron chi connectivity index (χ4n) is 2.60. The van der Waals surface area contributed by atoms with Gasteiger partial charge in [-0.1, -0.05) is 35.3 Å². The molecular formula is C20H18Cl2N4O. The maximum Gasteiger partial charge on any atom is 0.242 e. The van der Waals surface area contributed by atoms with E-state index in [9.17, 15) is 4.79 Å². The van der Waals surface area contributed by atoms with Crippen LogP contribution in [0.5, 0.6) is 0 Å². The second-order valence-corrected chi connectivity index (χ2v) is 6.76. The molecule has 0 saturated heterocycles. The van der Waals surface area contributed by atoms with Crippen molar-refractivity contribution in [3.05, 3.63) is 94.0 Å². The monoisotopic (exact) mass is 400 g/mol. The van der Waals surface area contributed by atoms with Gasteiger partial charge in [-0.15, -0.1) is 0 Å². The first-order valence-electron chi connectivity index (χ1n) is 8.37. The van der Waals surface area contributed by atoms with Crippen LogP contribution in [0.25, 0.3) is 0 Å². The molecule has 5 nitrogen and oxygen atoms in total. The number of rotatable bonds is 7. The van der Waals surface area contributed by atoms with E-state index < -0.39 is 6.04 Å². The molecule has 1 amide bonds. The molecule has 2 heterocycles. The molecule has 0 fully saturated rings. The Kier molecular flexibility index (Phi) is 6.76. The third-order valence-corrected chi connectivity index (χ3v) is 4.53. The first kappa shape index (κ1) is 19.3. The van der Waals surface area contributed by atoms with Crippen LogP contribution in [-0.4, -0.2) is 15.9 Å². The van der Waals surface area contributed by atoms with Gasteiger partial charge in [0.25, 0.3) is 0 Å². The highest BCUT2D eigenvalue weighted by molar-refractivity contribution is 6.33. The number of carbonyl (C=O) groups is 1. The number of hydrogen-bond acceptors (Lipinski definition) is 4. The first-order valence-corrected chi connectivity index (χ1v) is 9.13. The third kappa shape index (κ3) is 5.50. The molecule has 3 aromatic rings. The molecule has 7 heteroatoms. The number of carbonyl (C=O) groups excluding carboxylic acids is 1. The van der Waals surface area contributed by atoms with E-state index in [2.05, 4.69) is 20.6 Å². The van der Waals surface area contributed by atoms with Crippen LogP contribution in [0, 0.1) is 0 Å². The van der Waals surface area contributed by atoms with E-state index in [0.717, 1.165) is 11.1 Å². The van der Waals surface area contributed by atoms with Gasteiger partial charge in [0.05, 0.1) is 0 Å². The minimum absolute atomic E-state index is 0.202. The van der Waals surface area contributed by atoms with Crippen molar-refractivity contribution in [3.8, 4) is 0 Å². The molecular weight excluding hydrogens is 383 g/mol. The minimum Gasteiger partial charge on any atom is -0.350 e. The van der Waals surface area contributed by atoms with Crippen molar-refractivity contribution in [2.24, 2.45) is 0 Å². The third-order valence-electron chi connectivity index (χ3n) is 3.95. The van der Waals surface area contributed by atoms with E-state index in [1.54, 1.807) is 43.0 Å². The molecule has 1 aromatic carbocycles. The standard InChI is InChI=1S/C20H18Cl2N4O/c21-16-5-6-18(22)17(9-16)19(25-12-14-3-1-7-23-10-14)20(27)26-13-15-4-2-8-24-11-15/h1-11,19,25H,12-13H2,(H,26,27). The molecule has 0 bridgehead atoms. The van der Waals surface area contributed by atoms with Crippen LogP contribution in [-0.2, 0) is 17.9 Å². The highest BCUT2D eigenvalue weighted by atomic mass is 35.5. The lowest BCUT2D eigenvalue weighted by atomic mass is 10.1. The normalized spacial score (nSPS) is 11.8. The first-order chi connectivity index (χ1) is 13.1. The van der Waals surface area contributed by atoms with Gasteiger partial charge in [0.2, 0.25) is 5.91 Å². The predicted molar refractivity (Wildman–Crippen MR) is 106 cm³/mol. The van der Waals surface area contributed by atoms with Gasteiger partial charge in [-0.25, -0.2) is 0 Å². The van der Waals surface area contributed by atoms with E-state index >= 15 is 0 Å². The number of hydrogen-bond donors (Lipinski definition) is 2. The van der Waals surface area contributed by atoms with Gasteiger partial charge in [-0.2, -0.15) is 0 Å². The van der Waals surface area contributed by atoms with Gasteiger partial charge in [0, 0.05) is 47.9 Å². The number of pyridine rings is 2. The summed E-state index contributed by atoms with van der Waals surface area (Å²) in [5.41, 5.74) is 2.49. The van der Waals surface area contributed by atoms with Gasteiger partial charge in [-0.3, -0.25) is 20.1 Å². The van der Waals surface area contributed by atoms with Crippen LogP contribution < -0.4 is 10.6 Å². The van der Waals surface area contributed by atoms with E-state index in [-0.39, 0.29) is 5.91 Å². The fraction of sp³-hybridized carbons (Fsp3) is 0.150. The number of aromatic nitrogens is 2. The molecule has 2 aromatic heterocycles. The summed E-state index contributed by atoms with van der Waals surface area (Å²) in [7, 11) is 0. The number of nitrogens with zero attached hydrogens (tertiary/aromatic N) is 2. The highest BCUT2D eigenvalue weighted by Crippen LogP contribution is 2.27. The van der Waals surface area contributed by atoms with Crippen molar-refractivity contribution < 1.29 is 4.79 Å². The molecule has 0 aliphatic heterocycles. The summed E-state index contributed by atoms with van der Waals surface area (Å²) in [6.45, 7) is 0.831. The van der Waals surface area contributed by atoms with Crippen molar-refractivity contribution in [2.45, 2.75) is 19.1 Å². The number of amides is 1. The quantitative estimate of drug-likeness (QED) is 0.630. The smallest absolute Gasteiger partial charge is 0.242 e. The summed E-state index contributed by atoms with van der Waals surface area (Å²) < 4.78 is 0. The Labute approximate surface area is 167 Å². The molecule has 1 atom stereocenters. The molecule has 0 radical (unpaired) electrons. The topological polar surface area (TPSA) is 66.9 Å².